The molecular weight excluding hydrogens is 410 g/mol. The highest BCUT2D eigenvalue weighted by Crippen LogP contribution is 2.45. The molecular formula is C27H31N5O. The lowest BCUT2D eigenvalue weighted by atomic mass is 9.82. The van der Waals surface area contributed by atoms with Gasteiger partial charge in [-0.05, 0) is 54.0 Å². The number of hydrogen-bond donors (Lipinski definition) is 3. The molecule has 2 aromatic heterocycles. The number of aromatic nitrogens is 4. The molecule has 0 atom stereocenters. The second kappa shape index (κ2) is 8.85. The summed E-state index contributed by atoms with van der Waals surface area (Å²) >= 11 is 0. The predicted octanol–water partition coefficient (Wildman–Crippen LogP) is 5.64. The van der Waals surface area contributed by atoms with E-state index in [1.165, 1.54) is 31.4 Å². The Hall–Kier alpha value is -3.41. The molecule has 1 fully saturated rings. The maximum Gasteiger partial charge on any atom is 0.249 e. The standard InChI is InChI=1S/C27H31N5O/c1-2-3-4-11-24-30-26(32-31-24)27(14-7-8-15-27)23-17-19-13-12-18(16-22(19)29-23)20-9-5-6-10-21(20)25(28)33/h5-6,9-10,12-13,16-17,29H,2-4,7-8,11,14-15H2,1H3,(H2,28,33)(H,30,31,32). The quantitative estimate of drug-likeness (QED) is 0.308. The van der Waals surface area contributed by atoms with E-state index < -0.39 is 5.91 Å². The third-order valence-corrected chi connectivity index (χ3v) is 7.08. The van der Waals surface area contributed by atoms with Gasteiger partial charge >= 0.3 is 0 Å². The van der Waals surface area contributed by atoms with Crippen LogP contribution in [0.1, 0.15) is 79.6 Å². The minimum atomic E-state index is -0.415. The summed E-state index contributed by atoms with van der Waals surface area (Å²) in [5.41, 5.74) is 10.0. The number of nitrogens with zero attached hydrogens (tertiary/aromatic N) is 2. The van der Waals surface area contributed by atoms with Gasteiger partial charge in [0.1, 0.15) is 5.82 Å². The van der Waals surface area contributed by atoms with Crippen LogP contribution in [0.4, 0.5) is 0 Å². The van der Waals surface area contributed by atoms with Crippen molar-refractivity contribution in [2.45, 2.75) is 63.7 Å². The van der Waals surface area contributed by atoms with Crippen LogP contribution in [0.2, 0.25) is 0 Å². The van der Waals surface area contributed by atoms with Gasteiger partial charge in [-0.25, -0.2) is 4.98 Å². The van der Waals surface area contributed by atoms with Crippen LogP contribution in [0.25, 0.3) is 22.0 Å². The molecule has 0 radical (unpaired) electrons. The summed E-state index contributed by atoms with van der Waals surface area (Å²) in [6.07, 6.45) is 8.94. The molecule has 6 nitrogen and oxygen atoms in total. The van der Waals surface area contributed by atoms with Gasteiger partial charge in [0.2, 0.25) is 5.91 Å². The lowest BCUT2D eigenvalue weighted by Crippen LogP contribution is -2.26. The van der Waals surface area contributed by atoms with Gasteiger partial charge in [-0.15, -0.1) is 0 Å². The van der Waals surface area contributed by atoms with E-state index in [0.717, 1.165) is 59.4 Å². The lowest BCUT2D eigenvalue weighted by Gasteiger charge is -2.24. The second-order valence-electron chi connectivity index (χ2n) is 9.25. The smallest absolute Gasteiger partial charge is 0.249 e. The average Bonchev–Trinajstić information content (AvgIpc) is 3.58. The first kappa shape index (κ1) is 21.4. The minimum absolute atomic E-state index is 0.177. The number of unbranched alkanes of at least 4 members (excludes halogenated alkanes) is 2. The molecule has 2 aromatic carbocycles. The average molecular weight is 442 g/mol. The first-order chi connectivity index (χ1) is 16.1. The van der Waals surface area contributed by atoms with Crippen molar-refractivity contribution in [1.29, 1.82) is 0 Å². The SMILES string of the molecule is CCCCCc1nc(C2(c3cc4ccc(-c5ccccc5C(N)=O)cc4[nH]3)CCCC2)n[nH]1. The molecule has 1 aliphatic rings. The number of benzene rings is 2. The van der Waals surface area contributed by atoms with Gasteiger partial charge in [0.15, 0.2) is 5.82 Å². The number of carbonyl (C=O) groups excluding carboxylic acids is 1. The Morgan fingerprint density at radius 1 is 1.09 bits per heavy atom. The van der Waals surface area contributed by atoms with Crippen molar-refractivity contribution in [1.82, 2.24) is 20.2 Å². The molecule has 2 heterocycles. The fraction of sp³-hybridized carbons (Fsp3) is 0.370. The molecule has 33 heavy (non-hydrogen) atoms. The van der Waals surface area contributed by atoms with Gasteiger partial charge in [0.25, 0.3) is 0 Å². The van der Waals surface area contributed by atoms with Crippen LogP contribution >= 0.6 is 0 Å². The van der Waals surface area contributed by atoms with Gasteiger partial charge in [-0.1, -0.05) is 62.9 Å². The minimum Gasteiger partial charge on any atom is -0.366 e. The number of carbonyl (C=O) groups is 1. The van der Waals surface area contributed by atoms with E-state index in [9.17, 15) is 4.79 Å². The zero-order valence-electron chi connectivity index (χ0n) is 19.2. The number of nitrogens with two attached hydrogens (primary N) is 1. The monoisotopic (exact) mass is 441 g/mol. The zero-order valence-corrected chi connectivity index (χ0v) is 19.2. The third-order valence-electron chi connectivity index (χ3n) is 7.08. The summed E-state index contributed by atoms with van der Waals surface area (Å²) in [6.45, 7) is 2.22. The molecule has 4 aromatic rings. The number of amides is 1. The lowest BCUT2D eigenvalue weighted by molar-refractivity contribution is 0.100. The van der Waals surface area contributed by atoms with Crippen molar-refractivity contribution < 1.29 is 4.79 Å². The predicted molar refractivity (Wildman–Crippen MR) is 131 cm³/mol. The zero-order chi connectivity index (χ0) is 22.8. The third kappa shape index (κ3) is 3.94. The summed E-state index contributed by atoms with van der Waals surface area (Å²) in [4.78, 5) is 20.5. The molecule has 0 bridgehead atoms. The summed E-state index contributed by atoms with van der Waals surface area (Å²) < 4.78 is 0. The number of rotatable bonds is 8. The highest BCUT2D eigenvalue weighted by molar-refractivity contribution is 6.00. The van der Waals surface area contributed by atoms with E-state index in [4.69, 9.17) is 10.7 Å². The number of fused-ring (bicyclic) bond motifs is 1. The maximum atomic E-state index is 11.9. The molecule has 6 heteroatoms. The van der Waals surface area contributed by atoms with Crippen molar-refractivity contribution in [2.24, 2.45) is 5.73 Å². The van der Waals surface area contributed by atoms with Crippen molar-refractivity contribution in [3.63, 3.8) is 0 Å². The number of aromatic amines is 2. The maximum absolute atomic E-state index is 11.9. The van der Waals surface area contributed by atoms with E-state index >= 15 is 0 Å². The fourth-order valence-corrected chi connectivity index (χ4v) is 5.26. The molecule has 4 N–H and O–H groups in total. The van der Waals surface area contributed by atoms with Gasteiger partial charge in [0, 0.05) is 23.2 Å². The van der Waals surface area contributed by atoms with Crippen LogP contribution in [0, 0.1) is 0 Å². The van der Waals surface area contributed by atoms with Crippen LogP contribution in [0.3, 0.4) is 0 Å². The van der Waals surface area contributed by atoms with Gasteiger partial charge in [0.05, 0.1) is 5.41 Å². The number of primary amides is 1. The van der Waals surface area contributed by atoms with E-state index in [2.05, 4.69) is 46.4 Å². The topological polar surface area (TPSA) is 100 Å². The molecule has 5 rings (SSSR count). The van der Waals surface area contributed by atoms with Crippen LogP contribution in [-0.4, -0.2) is 26.1 Å². The largest absolute Gasteiger partial charge is 0.366 e. The molecule has 170 valence electrons. The molecule has 1 saturated carbocycles. The van der Waals surface area contributed by atoms with Crippen molar-refractivity contribution >= 4 is 16.8 Å². The second-order valence-corrected chi connectivity index (χ2v) is 9.25. The van der Waals surface area contributed by atoms with Gasteiger partial charge in [-0.3, -0.25) is 9.89 Å². The van der Waals surface area contributed by atoms with Crippen molar-refractivity contribution in [3.05, 3.63) is 71.4 Å². The van der Waals surface area contributed by atoms with Crippen molar-refractivity contribution in [3.8, 4) is 11.1 Å². The molecule has 0 saturated heterocycles. The summed E-state index contributed by atoms with van der Waals surface area (Å²) in [6, 6.07) is 16.0. The molecule has 0 unspecified atom stereocenters. The van der Waals surface area contributed by atoms with E-state index in [0.29, 0.717) is 5.56 Å². The summed E-state index contributed by atoms with van der Waals surface area (Å²) in [7, 11) is 0. The molecule has 0 aliphatic heterocycles. The fourth-order valence-electron chi connectivity index (χ4n) is 5.26. The number of nitrogens with one attached hydrogen (secondary N) is 2. The summed E-state index contributed by atoms with van der Waals surface area (Å²) in [5.74, 6) is 1.49. The Labute approximate surface area is 194 Å². The van der Waals surface area contributed by atoms with Crippen LogP contribution in [0.5, 0.6) is 0 Å². The van der Waals surface area contributed by atoms with E-state index in [1.54, 1.807) is 6.07 Å². The van der Waals surface area contributed by atoms with Crippen LogP contribution in [0.15, 0.2) is 48.5 Å². The normalized spacial score (nSPS) is 15.3. The molecule has 1 amide bonds. The Morgan fingerprint density at radius 2 is 1.91 bits per heavy atom. The van der Waals surface area contributed by atoms with E-state index in [1.807, 2.05) is 18.2 Å². The first-order valence-corrected chi connectivity index (χ1v) is 12.0. The highest BCUT2D eigenvalue weighted by Gasteiger charge is 2.42. The molecule has 0 spiro atoms. The van der Waals surface area contributed by atoms with Gasteiger partial charge in [-0.2, -0.15) is 5.10 Å². The van der Waals surface area contributed by atoms with E-state index in [-0.39, 0.29) is 5.41 Å². The van der Waals surface area contributed by atoms with Crippen molar-refractivity contribution in [2.75, 3.05) is 0 Å². The highest BCUT2D eigenvalue weighted by atomic mass is 16.1. The first-order valence-electron chi connectivity index (χ1n) is 12.0. The Kier molecular flexibility index (Phi) is 5.75. The number of H-pyrrole nitrogens is 2. The summed E-state index contributed by atoms with van der Waals surface area (Å²) in [5, 5.41) is 9.03. The van der Waals surface area contributed by atoms with Crippen LogP contribution < -0.4 is 5.73 Å². The van der Waals surface area contributed by atoms with Gasteiger partial charge < -0.3 is 10.7 Å². The molecule has 1 aliphatic carbocycles. The Balaban J connectivity index is 1.52. The Bertz CT molecular complexity index is 1280. The number of hydrogen-bond acceptors (Lipinski definition) is 3. The van der Waals surface area contributed by atoms with Crippen LogP contribution in [-0.2, 0) is 11.8 Å². The Morgan fingerprint density at radius 3 is 2.70 bits per heavy atom. The number of aryl methyl sites for hydroxylation is 1.